The summed E-state index contributed by atoms with van der Waals surface area (Å²) in [5, 5.41) is 118. The van der Waals surface area contributed by atoms with E-state index in [1.54, 1.807) is 6.92 Å². The average Bonchev–Trinajstić information content (AvgIpc) is 1.64. The number of hydrogen-bond acceptors (Lipinski definition) is 24. The molecule has 0 bridgehead atoms. The second-order valence-corrected chi connectivity index (χ2v) is 33.4. The van der Waals surface area contributed by atoms with Crippen molar-refractivity contribution in [3.63, 3.8) is 0 Å². The molecule has 684 valence electrons. The summed E-state index contributed by atoms with van der Waals surface area (Å²) in [4.78, 5) is 72.5. The van der Waals surface area contributed by atoms with Gasteiger partial charge in [-0.2, -0.15) is 0 Å². The van der Waals surface area contributed by atoms with Crippen LogP contribution in [0.15, 0.2) is 54.6 Å². The summed E-state index contributed by atoms with van der Waals surface area (Å²) in [5.41, 5.74) is 36.6. The van der Waals surface area contributed by atoms with Gasteiger partial charge in [0.05, 0.1) is 61.7 Å². The lowest BCUT2D eigenvalue weighted by Gasteiger charge is -2.32. The molecule has 0 heterocycles. The van der Waals surface area contributed by atoms with Gasteiger partial charge in [0.25, 0.3) is 0 Å². The molecule has 0 unspecified atom stereocenters. The molecule has 0 amide bonds. The van der Waals surface area contributed by atoms with E-state index < -0.39 is 67.2 Å². The van der Waals surface area contributed by atoms with E-state index in [1.807, 2.05) is 36.4 Å². The number of benzene rings is 3. The highest BCUT2D eigenvalue weighted by Gasteiger charge is 2.48. The first-order valence-electron chi connectivity index (χ1n) is 44.5. The van der Waals surface area contributed by atoms with Crippen LogP contribution in [-0.2, 0) is 76.8 Å². The lowest BCUT2D eigenvalue weighted by Crippen LogP contribution is -2.50. The summed E-state index contributed by atoms with van der Waals surface area (Å²) in [7, 11) is 0. The Morgan fingerprint density at radius 2 is 0.717 bits per heavy atom. The van der Waals surface area contributed by atoms with Crippen molar-refractivity contribution in [2.75, 3.05) is 46.1 Å². The van der Waals surface area contributed by atoms with Gasteiger partial charge >= 0.3 is 29.8 Å². The number of carboxylic acids is 6. The van der Waals surface area contributed by atoms with E-state index in [0.29, 0.717) is 91.7 Å². The van der Waals surface area contributed by atoms with Crippen LogP contribution in [0.4, 0.5) is 0 Å². The van der Waals surface area contributed by atoms with Crippen molar-refractivity contribution in [1.82, 2.24) is 0 Å². The molecule has 3 saturated carbocycles. The lowest BCUT2D eigenvalue weighted by molar-refractivity contribution is -0.368. The van der Waals surface area contributed by atoms with E-state index in [0.717, 1.165) is 235 Å². The number of unbranched alkanes of at least 4 members (excludes halogenated alkanes) is 9. The second-order valence-electron chi connectivity index (χ2n) is 33.4. The smallest absolute Gasteiger partial charge is 0.341 e. The predicted octanol–water partition coefficient (Wildman–Crippen LogP) is 6.51. The van der Waals surface area contributed by atoms with E-state index >= 15 is 0 Å². The minimum Gasteiger partial charge on any atom is -0.546 e. The molecule has 0 aliphatic heterocycles. The molecule has 29 nitrogen and oxygen atoms in total. The number of hydrogen-bond donors (Lipinski definition) is 16. The molecular weight excluding hydrogens is 1550 g/mol. The van der Waals surface area contributed by atoms with Gasteiger partial charge in [-0.25, -0.2) is 4.79 Å². The Morgan fingerprint density at radius 3 is 0.958 bits per heavy atom. The number of aliphatic hydroxyl groups excluding tert-OH is 6. The average molecular weight is 1700 g/mol. The van der Waals surface area contributed by atoms with E-state index in [-0.39, 0.29) is 67.0 Å². The number of ether oxygens (including phenoxy) is 4. The van der Waals surface area contributed by atoms with Crippen LogP contribution in [0.1, 0.15) is 261 Å². The number of esters is 1. The Kier molecular flexibility index (Phi) is 53.9. The number of rotatable bonds is 46. The number of nitrogens with two attached hydrogens (primary N) is 5. The summed E-state index contributed by atoms with van der Waals surface area (Å²) in [5.74, 6) is -1.34. The molecule has 0 spiro atoms. The zero-order valence-corrected chi connectivity index (χ0v) is 72.4. The fourth-order valence-corrected chi connectivity index (χ4v) is 17.8. The van der Waals surface area contributed by atoms with Crippen LogP contribution in [0, 0.1) is 53.3 Å². The first-order chi connectivity index (χ1) is 57.3. The molecule has 29 heteroatoms. The molecule has 0 radical (unpaired) electrons. The number of aliphatic hydroxyl groups is 6. The fourth-order valence-electron chi connectivity index (χ4n) is 17.8. The van der Waals surface area contributed by atoms with Crippen LogP contribution >= 0.6 is 0 Å². The number of fused-ring (bicyclic) bond motifs is 6. The third-order valence-corrected chi connectivity index (χ3v) is 24.3. The third-order valence-electron chi connectivity index (χ3n) is 24.3. The predicted molar refractivity (Wildman–Crippen MR) is 454 cm³/mol. The van der Waals surface area contributed by atoms with E-state index in [9.17, 15) is 74.4 Å². The van der Waals surface area contributed by atoms with Gasteiger partial charge in [-0.05, 0) is 285 Å². The van der Waals surface area contributed by atoms with Gasteiger partial charge in [0.1, 0.15) is 48.6 Å². The van der Waals surface area contributed by atoms with E-state index in [2.05, 4.69) is 49.4 Å². The van der Waals surface area contributed by atoms with Crippen LogP contribution in [0.5, 0.6) is 17.2 Å². The molecule has 3 aromatic rings. The summed E-state index contributed by atoms with van der Waals surface area (Å²) in [6.07, 6.45) is 30.1. The molecule has 120 heavy (non-hydrogen) atoms. The highest BCUT2D eigenvalue weighted by atomic mass is 16.5. The topological polar surface area (TPSA) is 563 Å². The Bertz CT molecular complexity index is 3080. The van der Waals surface area contributed by atoms with Gasteiger partial charge in [0.2, 0.25) is 0 Å². The summed E-state index contributed by atoms with van der Waals surface area (Å²) in [6.45, 7) is 11.0. The summed E-state index contributed by atoms with van der Waals surface area (Å²) in [6, 6.07) is 15.4. The molecular formula is C91H151N6O23-. The van der Waals surface area contributed by atoms with Crippen LogP contribution in [-0.4, -0.2) is 194 Å². The number of carbonyl (C=O) groups excluding carboxylic acids is 3. The van der Waals surface area contributed by atoms with Gasteiger partial charge in [0, 0.05) is 6.92 Å². The van der Waals surface area contributed by atoms with Gasteiger partial charge in [-0.15, -0.1) is 0 Å². The molecule has 6 aliphatic carbocycles. The molecule has 0 aromatic heterocycles. The second kappa shape index (κ2) is 60.4. The molecule has 3 fully saturated rings. The molecule has 23 N–H and O–H groups in total. The maximum absolute atomic E-state index is 10.8. The van der Waals surface area contributed by atoms with Crippen molar-refractivity contribution >= 4 is 41.8 Å². The van der Waals surface area contributed by atoms with Crippen molar-refractivity contribution in [2.24, 2.45) is 81.9 Å². The van der Waals surface area contributed by atoms with E-state index in [1.165, 1.54) is 23.6 Å². The maximum Gasteiger partial charge on any atom is 0.341 e. The van der Waals surface area contributed by atoms with Gasteiger partial charge in [-0.3, -0.25) is 19.2 Å². The van der Waals surface area contributed by atoms with Crippen LogP contribution in [0.25, 0.3) is 0 Å². The SMILES string of the molecule is CCCCC[C@H](O)CC[C@@H]1[C@H]2Cc3cccc(OCC(=O)O)c3C[C@H]2C[C@H]1O.CCCCC[C@H](O)CC[C@@H]1[C@H]2Cc3cccc(OCC(=O)[O-])c3C[C@H]2C[C@H]1O.CCCCC[C@H](O)CC[C@@H]1[C@H]2Cc3cccc(OCC(=O)[O-])c3C[C@H]2C[C@H]1O.CCOC(C)=O.NCCCC[C@H](N)C(=O)O.NCCCC[C@H](N)C(=O)O.N[C@@H](CCCC[NH3+])C(=O)O. The Hall–Kier alpha value is -7.13. The standard InChI is InChI=1S/3C23H34O5.3C6H14N2O2.C4H8O2/c3*1-2-3-4-7-17(24)9-10-18-19-11-15-6-5-8-22(28-14-23(26)27)20(15)12-16(19)13-21(18)25;3*7-4-2-1-3-5(8)6(9)10;1-3-6-4(2)5/h3*5-6,8,16-19,21,24-25H,2-4,7,9-14H2,1H3,(H,26,27);3*5H,1-4,7-8H2,(H,9,10);3H2,1-2H3/p-1/t3*16-,17-,18+,19-,21+;3*5-;/m000000./s1. The van der Waals surface area contributed by atoms with Gasteiger partial charge in [0.15, 0.2) is 6.61 Å². The van der Waals surface area contributed by atoms with Crippen molar-refractivity contribution in [2.45, 2.75) is 321 Å². The number of quaternary nitrogens is 1. The normalized spacial score (nSPS) is 22.6. The van der Waals surface area contributed by atoms with Gasteiger partial charge < -0.3 is 124 Å². The molecule has 18 atom stereocenters. The van der Waals surface area contributed by atoms with E-state index in [4.69, 9.17) is 63.3 Å². The largest absolute Gasteiger partial charge is 0.546 e. The zero-order chi connectivity index (χ0) is 89.2. The van der Waals surface area contributed by atoms with Crippen LogP contribution in [0.3, 0.4) is 0 Å². The first-order valence-corrected chi connectivity index (χ1v) is 44.5. The number of carboxylic acid groups (broad SMARTS) is 6. The Morgan fingerprint density at radius 1 is 0.425 bits per heavy atom. The highest BCUT2D eigenvalue weighted by molar-refractivity contribution is 5.74. The van der Waals surface area contributed by atoms with Crippen molar-refractivity contribution in [1.29, 1.82) is 0 Å². The Labute approximate surface area is 711 Å². The summed E-state index contributed by atoms with van der Waals surface area (Å²) < 4.78 is 20.8. The van der Waals surface area contributed by atoms with Crippen molar-refractivity contribution in [3.8, 4) is 17.2 Å². The highest BCUT2D eigenvalue weighted by Crippen LogP contribution is 2.52. The lowest BCUT2D eigenvalue weighted by atomic mass is 9.73. The molecule has 0 saturated heterocycles. The van der Waals surface area contributed by atoms with Crippen LogP contribution < -0.4 is 58.8 Å². The minimum absolute atomic E-state index is 0.211. The number of carbonyl (C=O) groups is 7. The third kappa shape index (κ3) is 40.5. The van der Waals surface area contributed by atoms with Crippen molar-refractivity contribution in [3.05, 3.63) is 88.0 Å². The van der Waals surface area contributed by atoms with Crippen molar-refractivity contribution < 1.29 is 120 Å². The molecule has 3 aromatic carbocycles. The first kappa shape index (κ1) is 107. The maximum atomic E-state index is 10.8. The summed E-state index contributed by atoms with van der Waals surface area (Å²) >= 11 is 0. The van der Waals surface area contributed by atoms with Crippen LogP contribution in [0.2, 0.25) is 0 Å². The fraction of sp³-hybridized carbons (Fsp3) is 0.725. The molecule has 9 rings (SSSR count). The van der Waals surface area contributed by atoms with Gasteiger partial charge in [-0.1, -0.05) is 128 Å². The number of aliphatic carboxylic acids is 6. The quantitative estimate of drug-likeness (QED) is 0.0211. The zero-order valence-electron chi connectivity index (χ0n) is 72.4. The monoisotopic (exact) mass is 1700 g/mol. The molecule has 6 aliphatic rings. The Balaban J connectivity index is 0.000000387. The minimum atomic E-state index is -1.22.